The van der Waals surface area contributed by atoms with E-state index in [1.807, 2.05) is 30.3 Å². The molecule has 5 rings (SSSR count). The summed E-state index contributed by atoms with van der Waals surface area (Å²) in [6, 6.07) is 9.91. The van der Waals surface area contributed by atoms with Gasteiger partial charge in [0.25, 0.3) is 0 Å². The van der Waals surface area contributed by atoms with Crippen LogP contribution in [0.3, 0.4) is 0 Å². The first-order valence-corrected chi connectivity index (χ1v) is 8.58. The van der Waals surface area contributed by atoms with Gasteiger partial charge in [0.15, 0.2) is 0 Å². The van der Waals surface area contributed by atoms with Crippen molar-refractivity contribution in [3.63, 3.8) is 0 Å². The summed E-state index contributed by atoms with van der Waals surface area (Å²) >= 11 is 0. The molecule has 4 aliphatic rings. The Balaban J connectivity index is 1.52. The van der Waals surface area contributed by atoms with Crippen molar-refractivity contribution in [2.45, 2.75) is 17.7 Å². The number of rotatable bonds is 2. The van der Waals surface area contributed by atoms with Crippen LogP contribution < -0.4 is 0 Å². The van der Waals surface area contributed by atoms with Crippen LogP contribution in [0.4, 0.5) is 0 Å². The molecule has 0 aliphatic heterocycles. The van der Waals surface area contributed by atoms with E-state index in [0.29, 0.717) is 23.7 Å². The first-order chi connectivity index (χ1) is 9.83. The molecule has 0 saturated carbocycles. The fourth-order valence-electron chi connectivity index (χ4n) is 4.66. The van der Waals surface area contributed by atoms with E-state index in [-0.39, 0.29) is 0 Å². The van der Waals surface area contributed by atoms with Crippen LogP contribution in [0, 0.1) is 23.7 Å². The molecule has 0 spiro atoms. The quantitative estimate of drug-likeness (QED) is 0.594. The lowest BCUT2D eigenvalue weighted by Crippen LogP contribution is -2.12. The summed E-state index contributed by atoms with van der Waals surface area (Å²) in [7, 11) is -0.967. The summed E-state index contributed by atoms with van der Waals surface area (Å²) in [6.07, 6.45) is 9.57. The Morgan fingerprint density at radius 3 is 2.45 bits per heavy atom. The Kier molecular flexibility index (Phi) is 2.15. The maximum absolute atomic E-state index is 12.8. The van der Waals surface area contributed by atoms with Gasteiger partial charge in [0, 0.05) is 21.6 Å². The lowest BCUT2D eigenvalue weighted by Gasteiger charge is -2.21. The summed E-state index contributed by atoms with van der Waals surface area (Å²) in [4.78, 5) is 2.13. The van der Waals surface area contributed by atoms with Crippen molar-refractivity contribution >= 4 is 10.8 Å². The summed E-state index contributed by atoms with van der Waals surface area (Å²) in [6.45, 7) is 0. The largest absolute Gasteiger partial charge is 0.249 e. The highest BCUT2D eigenvalue weighted by Gasteiger charge is 2.51. The van der Waals surface area contributed by atoms with Crippen LogP contribution in [-0.4, -0.2) is 4.21 Å². The van der Waals surface area contributed by atoms with Gasteiger partial charge in [0.2, 0.25) is 0 Å². The van der Waals surface area contributed by atoms with Gasteiger partial charge in [-0.05, 0) is 36.8 Å². The van der Waals surface area contributed by atoms with Crippen LogP contribution in [0.25, 0.3) is 0 Å². The van der Waals surface area contributed by atoms with Gasteiger partial charge in [0.05, 0.1) is 10.8 Å². The predicted octanol–water partition coefficient (Wildman–Crippen LogP) is 3.83. The van der Waals surface area contributed by atoms with Crippen molar-refractivity contribution in [1.29, 1.82) is 0 Å². The van der Waals surface area contributed by atoms with Crippen LogP contribution in [0.5, 0.6) is 0 Å². The zero-order valence-electron chi connectivity index (χ0n) is 11.2. The number of hydrogen-bond donors (Lipinski definition) is 0. The van der Waals surface area contributed by atoms with Gasteiger partial charge < -0.3 is 0 Å². The fraction of sp³-hybridized carbons (Fsp3) is 0.333. The predicted molar refractivity (Wildman–Crippen MR) is 80.3 cm³/mol. The second-order valence-corrected chi connectivity index (χ2v) is 7.77. The SMILES string of the molecule is O=S(C1=CC2CC1C1=C2C2C=CC1C2)c1ccccc1. The standard InChI is InChI=1S/C18H16OS/c19-20(14-4-2-1-3-5-14)16-10-13-9-15(16)18-12-7-6-11(8-12)17(13)18/h1-7,10-13,15H,8-9H2. The Morgan fingerprint density at radius 1 is 0.900 bits per heavy atom. The monoisotopic (exact) mass is 280 g/mol. The Labute approximate surface area is 121 Å². The topological polar surface area (TPSA) is 17.1 Å². The van der Waals surface area contributed by atoms with E-state index in [4.69, 9.17) is 0 Å². The average Bonchev–Trinajstić information content (AvgIpc) is 3.24. The average molecular weight is 280 g/mol. The molecule has 1 nitrogen and oxygen atoms in total. The lowest BCUT2D eigenvalue weighted by molar-refractivity contribution is 0.571. The van der Waals surface area contributed by atoms with Gasteiger partial charge in [-0.15, -0.1) is 0 Å². The van der Waals surface area contributed by atoms with Crippen LogP contribution in [0.2, 0.25) is 0 Å². The summed E-state index contributed by atoms with van der Waals surface area (Å²) in [5.41, 5.74) is 3.33. The molecule has 0 amide bonds. The number of hydrogen-bond acceptors (Lipinski definition) is 1. The second kappa shape index (κ2) is 3.82. The van der Waals surface area contributed by atoms with Crippen molar-refractivity contribution in [3.8, 4) is 0 Å². The molecule has 0 aromatic heterocycles. The minimum Gasteiger partial charge on any atom is -0.249 e. The fourth-order valence-corrected chi connectivity index (χ4v) is 6.10. The van der Waals surface area contributed by atoms with Gasteiger partial charge in [-0.25, -0.2) is 4.21 Å². The third-order valence-electron chi connectivity index (χ3n) is 5.36. The molecule has 2 heteroatoms. The van der Waals surface area contributed by atoms with E-state index in [1.54, 1.807) is 11.1 Å². The molecule has 0 fully saturated rings. The maximum Gasteiger partial charge on any atom is 0.0811 e. The molecule has 1 aromatic carbocycles. The van der Waals surface area contributed by atoms with Crippen LogP contribution in [0.1, 0.15) is 12.8 Å². The molecule has 0 radical (unpaired) electrons. The summed E-state index contributed by atoms with van der Waals surface area (Å²) in [5.74, 6) is 2.41. The second-order valence-electron chi connectivity index (χ2n) is 6.29. The summed E-state index contributed by atoms with van der Waals surface area (Å²) < 4.78 is 12.8. The van der Waals surface area contributed by atoms with Crippen molar-refractivity contribution < 1.29 is 4.21 Å². The van der Waals surface area contributed by atoms with Crippen molar-refractivity contribution in [1.82, 2.24) is 0 Å². The van der Waals surface area contributed by atoms with Crippen LogP contribution >= 0.6 is 0 Å². The highest BCUT2D eigenvalue weighted by molar-refractivity contribution is 7.89. The first kappa shape index (κ1) is 11.3. The zero-order chi connectivity index (χ0) is 13.3. The van der Waals surface area contributed by atoms with E-state index < -0.39 is 10.8 Å². The minimum absolute atomic E-state index is 0.469. The molecule has 100 valence electrons. The molecule has 4 aliphatic carbocycles. The first-order valence-electron chi connectivity index (χ1n) is 7.43. The van der Waals surface area contributed by atoms with Crippen LogP contribution in [0.15, 0.2) is 69.5 Å². The van der Waals surface area contributed by atoms with Gasteiger partial charge in [-0.1, -0.05) is 47.6 Å². The van der Waals surface area contributed by atoms with E-state index in [0.717, 1.165) is 4.90 Å². The normalized spacial score (nSPS) is 37.5. The molecule has 5 atom stereocenters. The van der Waals surface area contributed by atoms with E-state index in [9.17, 15) is 4.21 Å². The van der Waals surface area contributed by atoms with Gasteiger partial charge in [0.1, 0.15) is 0 Å². The Hall–Kier alpha value is -1.41. The van der Waals surface area contributed by atoms with Crippen LogP contribution in [-0.2, 0) is 10.8 Å². The van der Waals surface area contributed by atoms with Gasteiger partial charge in [-0.2, -0.15) is 0 Å². The number of fused-ring (bicyclic) bond motifs is 8. The van der Waals surface area contributed by atoms with Gasteiger partial charge >= 0.3 is 0 Å². The molecule has 0 saturated heterocycles. The summed E-state index contributed by atoms with van der Waals surface area (Å²) in [5, 5.41) is 0. The third kappa shape index (κ3) is 1.30. The zero-order valence-corrected chi connectivity index (χ0v) is 12.0. The van der Waals surface area contributed by atoms with E-state index in [1.165, 1.54) is 17.7 Å². The minimum atomic E-state index is -0.967. The highest BCUT2D eigenvalue weighted by atomic mass is 32.2. The van der Waals surface area contributed by atoms with Crippen molar-refractivity contribution in [2.75, 3.05) is 0 Å². The molecule has 20 heavy (non-hydrogen) atoms. The molecular weight excluding hydrogens is 264 g/mol. The molecule has 1 aromatic rings. The number of allylic oxidation sites excluding steroid dienone is 6. The molecule has 0 heterocycles. The van der Waals surface area contributed by atoms with E-state index >= 15 is 0 Å². The maximum atomic E-state index is 12.8. The molecule has 5 unspecified atom stereocenters. The highest BCUT2D eigenvalue weighted by Crippen LogP contribution is 2.61. The molecular formula is C18H16OS. The molecule has 4 bridgehead atoms. The van der Waals surface area contributed by atoms with E-state index in [2.05, 4.69) is 18.2 Å². The third-order valence-corrected chi connectivity index (χ3v) is 6.91. The smallest absolute Gasteiger partial charge is 0.0811 e. The van der Waals surface area contributed by atoms with Gasteiger partial charge in [-0.3, -0.25) is 0 Å². The number of benzene rings is 1. The van der Waals surface area contributed by atoms with Crippen molar-refractivity contribution in [2.24, 2.45) is 23.7 Å². The Morgan fingerprint density at radius 2 is 1.65 bits per heavy atom. The lowest BCUT2D eigenvalue weighted by atomic mass is 9.89. The Bertz CT molecular complexity index is 710. The van der Waals surface area contributed by atoms with Crippen molar-refractivity contribution in [3.05, 3.63) is 64.6 Å². The molecule has 0 N–H and O–H groups in total.